The first-order valence-corrected chi connectivity index (χ1v) is 4.71. The molecule has 15 heavy (non-hydrogen) atoms. The van der Waals surface area contributed by atoms with Crippen molar-refractivity contribution in [2.45, 2.75) is 27.2 Å². The van der Waals surface area contributed by atoms with Gasteiger partial charge in [0, 0.05) is 5.71 Å². The Labute approximate surface area is 88.8 Å². The third kappa shape index (κ3) is 3.49. The molecule has 0 saturated carbocycles. The van der Waals surface area contributed by atoms with Crippen molar-refractivity contribution < 1.29 is 4.74 Å². The van der Waals surface area contributed by atoms with Crippen LogP contribution in [0.3, 0.4) is 0 Å². The van der Waals surface area contributed by atoms with Crippen molar-refractivity contribution in [3.05, 3.63) is 5.82 Å². The van der Waals surface area contributed by atoms with E-state index in [9.17, 15) is 0 Å². The number of aromatic nitrogens is 3. The van der Waals surface area contributed by atoms with Gasteiger partial charge in [-0.05, 0) is 20.3 Å². The van der Waals surface area contributed by atoms with Crippen LogP contribution in [0.5, 0.6) is 6.01 Å². The Morgan fingerprint density at radius 2 is 2.13 bits per heavy atom. The lowest BCUT2D eigenvalue weighted by atomic mass is 10.3. The molecule has 1 heterocycles. The van der Waals surface area contributed by atoms with Gasteiger partial charge in [-0.1, -0.05) is 6.92 Å². The zero-order valence-electron chi connectivity index (χ0n) is 9.40. The van der Waals surface area contributed by atoms with Crippen LogP contribution in [0.2, 0.25) is 0 Å². The first-order valence-electron chi connectivity index (χ1n) is 4.71. The van der Waals surface area contributed by atoms with Crippen molar-refractivity contribution in [1.82, 2.24) is 15.0 Å². The zero-order chi connectivity index (χ0) is 11.3. The van der Waals surface area contributed by atoms with Gasteiger partial charge in [0.2, 0.25) is 5.95 Å². The smallest absolute Gasteiger partial charge is 0.321 e. The molecular formula is C9H15N5O. The van der Waals surface area contributed by atoms with Crippen LogP contribution in [0.25, 0.3) is 0 Å². The Kier molecular flexibility index (Phi) is 3.96. The molecule has 1 rings (SSSR count). The second kappa shape index (κ2) is 5.23. The Balaban J connectivity index is 2.81. The lowest BCUT2D eigenvalue weighted by Crippen LogP contribution is -2.04. The molecular weight excluding hydrogens is 194 g/mol. The zero-order valence-corrected chi connectivity index (χ0v) is 9.40. The molecule has 82 valence electrons. The number of hydrogen-bond acceptors (Lipinski definition) is 6. The average molecular weight is 209 g/mol. The van der Waals surface area contributed by atoms with Crippen molar-refractivity contribution in [3.8, 4) is 6.01 Å². The summed E-state index contributed by atoms with van der Waals surface area (Å²) in [6.45, 7) is 5.73. The number of nitrogens with zero attached hydrogens (tertiary/aromatic N) is 4. The first kappa shape index (κ1) is 11.4. The van der Waals surface area contributed by atoms with Crippen molar-refractivity contribution in [1.29, 1.82) is 0 Å². The lowest BCUT2D eigenvalue weighted by molar-refractivity contribution is 0.377. The van der Waals surface area contributed by atoms with Crippen LogP contribution in [-0.2, 0) is 0 Å². The fourth-order valence-electron chi connectivity index (χ4n) is 0.823. The van der Waals surface area contributed by atoms with E-state index in [-0.39, 0.29) is 6.01 Å². The molecule has 6 heteroatoms. The fourth-order valence-corrected chi connectivity index (χ4v) is 0.823. The summed E-state index contributed by atoms with van der Waals surface area (Å²) in [5, 5.41) is 4.09. The minimum Gasteiger partial charge on any atom is -0.467 e. The number of hydrazone groups is 1. The quantitative estimate of drug-likeness (QED) is 0.599. The van der Waals surface area contributed by atoms with E-state index in [1.54, 1.807) is 6.92 Å². The van der Waals surface area contributed by atoms with E-state index in [2.05, 4.69) is 25.5 Å². The van der Waals surface area contributed by atoms with Gasteiger partial charge in [0.1, 0.15) is 5.82 Å². The van der Waals surface area contributed by atoms with Crippen LogP contribution in [0.4, 0.5) is 5.95 Å². The lowest BCUT2D eigenvalue weighted by Gasteiger charge is -2.03. The predicted molar refractivity (Wildman–Crippen MR) is 58.1 cm³/mol. The monoisotopic (exact) mass is 209 g/mol. The summed E-state index contributed by atoms with van der Waals surface area (Å²) in [6.07, 6.45) is 0.883. The topological polar surface area (TPSA) is 72.3 Å². The highest BCUT2D eigenvalue weighted by Crippen LogP contribution is 2.06. The molecule has 6 nitrogen and oxygen atoms in total. The van der Waals surface area contributed by atoms with E-state index < -0.39 is 0 Å². The van der Waals surface area contributed by atoms with Gasteiger partial charge in [0.05, 0.1) is 7.11 Å². The van der Waals surface area contributed by atoms with Gasteiger partial charge < -0.3 is 4.74 Å². The Bertz CT molecular complexity index is 364. The molecule has 0 saturated heterocycles. The van der Waals surface area contributed by atoms with Crippen LogP contribution < -0.4 is 10.2 Å². The molecule has 0 aliphatic rings. The van der Waals surface area contributed by atoms with Crippen LogP contribution in [0.1, 0.15) is 26.1 Å². The molecule has 0 aliphatic carbocycles. The number of methoxy groups -OCH3 is 1. The summed E-state index contributed by atoms with van der Waals surface area (Å²) in [5.41, 5.74) is 3.74. The molecule has 0 radical (unpaired) electrons. The normalized spacial score (nSPS) is 11.3. The molecule has 0 amide bonds. The van der Waals surface area contributed by atoms with E-state index in [0.29, 0.717) is 11.8 Å². The highest BCUT2D eigenvalue weighted by molar-refractivity contribution is 5.82. The van der Waals surface area contributed by atoms with Gasteiger partial charge in [-0.15, -0.1) is 0 Å². The highest BCUT2D eigenvalue weighted by atomic mass is 16.5. The number of ether oxygens (including phenoxy) is 1. The van der Waals surface area contributed by atoms with E-state index >= 15 is 0 Å². The number of nitrogens with one attached hydrogen (secondary N) is 1. The maximum Gasteiger partial charge on any atom is 0.321 e. The van der Waals surface area contributed by atoms with E-state index in [4.69, 9.17) is 4.74 Å². The van der Waals surface area contributed by atoms with Crippen LogP contribution in [-0.4, -0.2) is 27.8 Å². The molecule has 0 unspecified atom stereocenters. The predicted octanol–water partition coefficient (Wildman–Crippen LogP) is 1.39. The highest BCUT2D eigenvalue weighted by Gasteiger charge is 2.02. The second-order valence-electron chi connectivity index (χ2n) is 3.01. The largest absolute Gasteiger partial charge is 0.467 e. The first-order chi connectivity index (χ1) is 7.15. The Hall–Kier alpha value is -1.72. The average Bonchev–Trinajstić information content (AvgIpc) is 2.25. The third-order valence-corrected chi connectivity index (χ3v) is 1.77. The van der Waals surface area contributed by atoms with Crippen LogP contribution in [0.15, 0.2) is 5.10 Å². The van der Waals surface area contributed by atoms with Crippen molar-refractivity contribution in [2.75, 3.05) is 12.5 Å². The molecule has 0 spiro atoms. The van der Waals surface area contributed by atoms with Gasteiger partial charge in [-0.3, -0.25) is 0 Å². The van der Waals surface area contributed by atoms with Crippen molar-refractivity contribution in [3.63, 3.8) is 0 Å². The van der Waals surface area contributed by atoms with Gasteiger partial charge in [-0.2, -0.15) is 20.1 Å². The summed E-state index contributed by atoms with van der Waals surface area (Å²) in [6, 6.07) is 0.286. The summed E-state index contributed by atoms with van der Waals surface area (Å²) in [7, 11) is 1.51. The number of hydrogen-bond donors (Lipinski definition) is 1. The Morgan fingerprint density at radius 3 is 2.73 bits per heavy atom. The summed E-state index contributed by atoms with van der Waals surface area (Å²) in [4.78, 5) is 12.0. The fraction of sp³-hybridized carbons (Fsp3) is 0.556. The summed E-state index contributed by atoms with van der Waals surface area (Å²) in [5.74, 6) is 0.987. The molecule has 0 aromatic carbocycles. The molecule has 0 fully saturated rings. The molecule has 0 aliphatic heterocycles. The maximum absolute atomic E-state index is 4.92. The van der Waals surface area contributed by atoms with E-state index in [1.807, 2.05) is 13.8 Å². The van der Waals surface area contributed by atoms with Crippen molar-refractivity contribution in [2.24, 2.45) is 5.10 Å². The summed E-state index contributed by atoms with van der Waals surface area (Å²) < 4.78 is 4.92. The summed E-state index contributed by atoms with van der Waals surface area (Å²) >= 11 is 0. The number of aryl methyl sites for hydroxylation is 1. The maximum atomic E-state index is 4.92. The van der Waals surface area contributed by atoms with E-state index in [1.165, 1.54) is 7.11 Å². The number of rotatable bonds is 4. The molecule has 0 atom stereocenters. The molecule has 1 N–H and O–H groups in total. The van der Waals surface area contributed by atoms with Gasteiger partial charge in [0.15, 0.2) is 0 Å². The minimum atomic E-state index is 0.286. The second-order valence-corrected chi connectivity index (χ2v) is 3.01. The number of anilines is 1. The molecule has 1 aromatic rings. The Morgan fingerprint density at radius 1 is 1.40 bits per heavy atom. The SMILES string of the molecule is CC/C(C)=N\Nc1nc(C)nc(OC)n1. The van der Waals surface area contributed by atoms with Gasteiger partial charge in [-0.25, -0.2) is 5.43 Å². The van der Waals surface area contributed by atoms with Crippen molar-refractivity contribution >= 4 is 11.7 Å². The van der Waals surface area contributed by atoms with Crippen LogP contribution in [0, 0.1) is 6.92 Å². The van der Waals surface area contributed by atoms with Gasteiger partial charge >= 0.3 is 6.01 Å². The van der Waals surface area contributed by atoms with E-state index in [0.717, 1.165) is 12.1 Å². The standard InChI is InChI=1S/C9H15N5O/c1-5-6(2)13-14-8-10-7(3)11-9(12-8)15-4/h5H2,1-4H3,(H,10,11,12,14)/b13-6-. The third-order valence-electron chi connectivity index (χ3n) is 1.77. The van der Waals surface area contributed by atoms with Gasteiger partial charge in [0.25, 0.3) is 0 Å². The molecule has 0 bridgehead atoms. The minimum absolute atomic E-state index is 0.286. The van der Waals surface area contributed by atoms with Crippen LogP contribution >= 0.6 is 0 Å². The molecule has 1 aromatic heterocycles.